The summed E-state index contributed by atoms with van der Waals surface area (Å²) in [5.74, 6) is 0.737. The van der Waals surface area contributed by atoms with E-state index in [9.17, 15) is 20.0 Å². The van der Waals surface area contributed by atoms with Crippen LogP contribution in [-0.4, -0.2) is 75.6 Å². The standard InChI is InChI=1S/C33H41N7O7/c1-4-38(17-6-8-33(43)39-18-5-7-30(39)23(21-41)22-42)26-13-9-24(10-14-26)34-36-28-19-32(47-3)29(20-31(28)46-2)37-35-25-11-15-27(16-12-25)40(44)45/h9-16,19-20,23,30,41-42H,4-8,17-18,21-22H2,1-3H3/p+1/i41D. The Kier molecular flexibility index (Phi) is 12.3. The molecule has 1 aliphatic rings. The number of nitrogens with one attached hydrogen (secondary N) is 1. The Labute approximate surface area is 275 Å². The van der Waals surface area contributed by atoms with Crippen LogP contribution in [0.1, 0.15) is 32.6 Å². The number of carbonyl (C=O) groups is 1. The minimum atomic E-state index is -0.482. The van der Waals surface area contributed by atoms with Crippen LogP contribution in [0.15, 0.2) is 81.1 Å². The monoisotopic (exact) mass is 649 g/mol. The second kappa shape index (κ2) is 17.2. The number of anilines is 1. The first-order valence-corrected chi connectivity index (χ1v) is 15.6. The van der Waals surface area contributed by atoms with E-state index < -0.39 is 4.92 Å². The number of hydrogen-bond acceptors (Lipinski definition) is 12. The Hall–Kier alpha value is -4.79. The van der Waals surface area contributed by atoms with Gasteiger partial charge in [0.05, 0.1) is 62.6 Å². The lowest BCUT2D eigenvalue weighted by Crippen LogP contribution is -3.17. The number of nitrogens with zero attached hydrogens (tertiary/aromatic N) is 6. The number of rotatable bonds is 17. The molecule has 250 valence electrons. The van der Waals surface area contributed by atoms with Crippen molar-refractivity contribution in [3.63, 3.8) is 0 Å². The van der Waals surface area contributed by atoms with Crippen molar-refractivity contribution in [1.29, 1.82) is 1.43 Å². The molecule has 0 spiro atoms. The summed E-state index contributed by atoms with van der Waals surface area (Å²) in [4.78, 5) is 26.5. The highest BCUT2D eigenvalue weighted by Crippen LogP contribution is 2.41. The Morgan fingerprint density at radius 2 is 1.62 bits per heavy atom. The fourth-order valence-electron chi connectivity index (χ4n) is 5.71. The second-order valence-electron chi connectivity index (χ2n) is 11.1. The molecular formula is C33H42N7O7+. The highest BCUT2D eigenvalue weighted by atomic mass is 16.6. The van der Waals surface area contributed by atoms with Crippen LogP contribution in [0.25, 0.3) is 0 Å². The number of benzene rings is 3. The maximum Gasteiger partial charge on any atom is 0.312 e. The van der Waals surface area contributed by atoms with Crippen molar-refractivity contribution >= 4 is 40.0 Å². The van der Waals surface area contributed by atoms with Gasteiger partial charge in [-0.1, -0.05) is 0 Å². The van der Waals surface area contributed by atoms with Gasteiger partial charge in [0.2, 0.25) is 1.43 Å². The number of aliphatic hydroxyl groups excluding tert-OH is 2. The molecule has 0 saturated carbocycles. The van der Waals surface area contributed by atoms with E-state index in [4.69, 9.17) is 10.9 Å². The summed E-state index contributed by atoms with van der Waals surface area (Å²) in [6.45, 7) is 4.35. The summed E-state index contributed by atoms with van der Waals surface area (Å²) in [7, 11) is 3.00. The van der Waals surface area contributed by atoms with Crippen molar-refractivity contribution in [2.45, 2.75) is 38.6 Å². The lowest BCUT2D eigenvalue weighted by atomic mass is 9.99. The lowest BCUT2D eigenvalue weighted by molar-refractivity contribution is -0.838. The predicted molar refractivity (Wildman–Crippen MR) is 176 cm³/mol. The van der Waals surface area contributed by atoms with Crippen LogP contribution >= 0.6 is 0 Å². The molecule has 3 aromatic rings. The Morgan fingerprint density at radius 1 is 1.02 bits per heavy atom. The van der Waals surface area contributed by atoms with Crippen molar-refractivity contribution < 1.29 is 34.3 Å². The highest BCUT2D eigenvalue weighted by molar-refractivity contribution is 5.67. The zero-order chi connectivity index (χ0) is 34.5. The van der Waals surface area contributed by atoms with Gasteiger partial charge in [-0.2, -0.15) is 10.2 Å². The number of azo groups is 2. The van der Waals surface area contributed by atoms with Crippen molar-refractivity contribution in [2.75, 3.05) is 52.0 Å². The van der Waals surface area contributed by atoms with E-state index in [0.29, 0.717) is 53.6 Å². The van der Waals surface area contributed by atoms with Gasteiger partial charge in [0.25, 0.3) is 5.69 Å². The number of carbonyl (C=O) groups excluding carboxylic acids is 1. The van der Waals surface area contributed by atoms with E-state index in [1.54, 1.807) is 12.1 Å². The van der Waals surface area contributed by atoms with Gasteiger partial charge in [0.1, 0.15) is 28.9 Å². The quantitative estimate of drug-likeness (QED) is 0.101. The zero-order valence-electron chi connectivity index (χ0n) is 27.9. The van der Waals surface area contributed by atoms with Gasteiger partial charge in [0.15, 0.2) is 0 Å². The molecule has 0 aliphatic carbocycles. The third kappa shape index (κ3) is 9.15. The van der Waals surface area contributed by atoms with Gasteiger partial charge in [-0.3, -0.25) is 15.0 Å². The fraction of sp³-hybridized carbons (Fsp3) is 0.424. The second-order valence-corrected chi connectivity index (χ2v) is 11.1. The highest BCUT2D eigenvalue weighted by Gasteiger charge is 2.38. The van der Waals surface area contributed by atoms with Crippen LogP contribution < -0.4 is 19.3 Å². The number of methoxy groups -OCH3 is 2. The summed E-state index contributed by atoms with van der Waals surface area (Å²) in [5, 5.41) is 42.3. The van der Waals surface area contributed by atoms with Gasteiger partial charge in [-0.15, -0.1) is 10.2 Å². The van der Waals surface area contributed by atoms with Crippen LogP contribution in [0.3, 0.4) is 0 Å². The average molecular weight is 650 g/mol. The van der Waals surface area contributed by atoms with Gasteiger partial charge < -0.3 is 24.6 Å². The maximum atomic E-state index is 13.1. The predicted octanol–water partition coefficient (Wildman–Crippen LogP) is 5.22. The van der Waals surface area contributed by atoms with Crippen molar-refractivity contribution in [3.05, 3.63) is 70.8 Å². The molecule has 0 radical (unpaired) electrons. The molecule has 3 N–H and O–H groups in total. The molecule has 3 atom stereocenters. The first kappa shape index (κ1) is 33.6. The summed E-state index contributed by atoms with van der Waals surface area (Å²) in [6.07, 6.45) is 2.92. The van der Waals surface area contributed by atoms with E-state index in [1.165, 1.54) is 38.5 Å². The summed E-state index contributed by atoms with van der Waals surface area (Å²) >= 11 is 0. The summed E-state index contributed by atoms with van der Waals surface area (Å²) < 4.78 is 18.0. The first-order valence-electron chi connectivity index (χ1n) is 16.0. The lowest BCUT2D eigenvalue weighted by Gasteiger charge is -2.26. The van der Waals surface area contributed by atoms with Crippen LogP contribution in [0.4, 0.5) is 34.1 Å². The Bertz CT molecular complexity index is 1570. The number of hydrogen-bond donors (Lipinski definition) is 3. The molecule has 1 aliphatic heterocycles. The van der Waals surface area contributed by atoms with Crippen LogP contribution in [0, 0.1) is 16.0 Å². The molecule has 14 heteroatoms. The molecule has 4 rings (SSSR count). The summed E-state index contributed by atoms with van der Waals surface area (Å²) in [5.41, 5.74) is 2.84. The van der Waals surface area contributed by atoms with Gasteiger partial charge in [0, 0.05) is 55.9 Å². The summed E-state index contributed by atoms with van der Waals surface area (Å²) in [6, 6.07) is 16.6. The Balaban J connectivity index is 1.37. The van der Waals surface area contributed by atoms with E-state index in [-0.39, 0.29) is 36.8 Å². The average Bonchev–Trinajstić information content (AvgIpc) is 3.61. The van der Waals surface area contributed by atoms with Crippen LogP contribution in [0.2, 0.25) is 0 Å². The molecule has 3 unspecified atom stereocenters. The SMILES string of the molecule is [2H]OCC(CO)C1CCC[NH+]1C(=O)CCCN(CC)c1ccc(N=Nc2cc(OC)c(N=Nc3ccc([N+](=O)[O-])cc3)cc2OC)cc1. The molecule has 1 fully saturated rings. The van der Waals surface area contributed by atoms with Crippen molar-refractivity contribution in [1.82, 2.24) is 0 Å². The van der Waals surface area contributed by atoms with Gasteiger partial charge in [-0.05, 0) is 49.7 Å². The number of likely N-dealkylation sites (tertiary alicyclic amines) is 1. The fourth-order valence-corrected chi connectivity index (χ4v) is 5.71. The molecular weight excluding hydrogens is 606 g/mol. The molecule has 1 saturated heterocycles. The number of nitro benzene ring substituents is 1. The van der Waals surface area contributed by atoms with E-state index in [2.05, 4.69) is 37.4 Å². The minimum absolute atomic E-state index is 0.00386. The Morgan fingerprint density at radius 3 is 2.13 bits per heavy atom. The molecule has 3 aromatic carbocycles. The van der Waals surface area contributed by atoms with Crippen molar-refractivity contribution in [3.8, 4) is 11.5 Å². The number of ether oxygens (including phenoxy) is 2. The third-order valence-electron chi connectivity index (χ3n) is 8.30. The molecule has 0 bridgehead atoms. The number of aliphatic hydroxyl groups is 2. The topological polar surface area (TPSA) is 176 Å². The largest absolute Gasteiger partial charge is 0.494 e. The molecule has 1 amide bonds. The maximum absolute atomic E-state index is 13.1. The number of quaternary nitrogens is 1. The van der Waals surface area contributed by atoms with E-state index in [1.807, 2.05) is 24.3 Å². The van der Waals surface area contributed by atoms with E-state index >= 15 is 0 Å². The molecule has 0 aromatic heterocycles. The van der Waals surface area contributed by atoms with Crippen LogP contribution in [0.5, 0.6) is 11.5 Å². The number of amides is 1. The zero-order valence-corrected chi connectivity index (χ0v) is 26.9. The first-order chi connectivity index (χ1) is 23.3. The molecule has 1 heterocycles. The van der Waals surface area contributed by atoms with Crippen LogP contribution in [-0.2, 0) is 4.79 Å². The normalized spacial score (nSPS) is 17.1. The van der Waals surface area contributed by atoms with Gasteiger partial charge in [-0.25, -0.2) is 4.79 Å². The third-order valence-corrected chi connectivity index (χ3v) is 8.30. The molecule has 47 heavy (non-hydrogen) atoms. The van der Waals surface area contributed by atoms with Crippen molar-refractivity contribution in [2.24, 2.45) is 26.4 Å². The van der Waals surface area contributed by atoms with Gasteiger partial charge >= 0.3 is 5.91 Å². The number of nitro groups is 1. The number of non-ortho nitro benzene ring substituents is 1. The smallest absolute Gasteiger partial charge is 0.312 e. The van der Waals surface area contributed by atoms with E-state index in [0.717, 1.165) is 36.5 Å². The minimum Gasteiger partial charge on any atom is -0.494 e. The molecule has 14 nitrogen and oxygen atoms in total.